The number of aryl methyl sites for hydroxylation is 1. The highest BCUT2D eigenvalue weighted by molar-refractivity contribution is 7.92. The van der Waals surface area contributed by atoms with Gasteiger partial charge in [0, 0.05) is 16.8 Å². The smallest absolute Gasteiger partial charge is 0.262 e. The van der Waals surface area contributed by atoms with E-state index in [1.54, 1.807) is 36.4 Å². The third-order valence-electron chi connectivity index (χ3n) is 4.27. The molecular formula is C20H17NO4S. The molecule has 0 aliphatic carbocycles. The molecule has 1 N–H and O–H groups in total. The van der Waals surface area contributed by atoms with E-state index in [1.165, 1.54) is 7.11 Å². The summed E-state index contributed by atoms with van der Waals surface area (Å²) >= 11 is 0. The average molecular weight is 367 g/mol. The molecule has 1 aromatic heterocycles. The van der Waals surface area contributed by atoms with Gasteiger partial charge in [0.1, 0.15) is 16.9 Å². The van der Waals surface area contributed by atoms with Crippen molar-refractivity contribution >= 4 is 37.6 Å². The molecular weight excluding hydrogens is 350 g/mol. The monoisotopic (exact) mass is 367 g/mol. The fourth-order valence-electron chi connectivity index (χ4n) is 2.92. The van der Waals surface area contributed by atoms with Gasteiger partial charge in [0.2, 0.25) is 0 Å². The lowest BCUT2D eigenvalue weighted by Gasteiger charge is -2.12. The Balaban J connectivity index is 1.82. The number of hydrogen-bond acceptors (Lipinski definition) is 4. The highest BCUT2D eigenvalue weighted by atomic mass is 32.2. The fraction of sp³-hybridized carbons (Fsp3) is 0.100. The van der Waals surface area contributed by atoms with E-state index in [-0.39, 0.29) is 4.90 Å². The maximum atomic E-state index is 12.7. The van der Waals surface area contributed by atoms with Crippen molar-refractivity contribution in [2.24, 2.45) is 0 Å². The molecule has 5 nitrogen and oxygen atoms in total. The zero-order chi connectivity index (χ0) is 18.3. The number of methoxy groups -OCH3 is 1. The van der Waals surface area contributed by atoms with Gasteiger partial charge >= 0.3 is 0 Å². The Morgan fingerprint density at radius 1 is 0.923 bits per heavy atom. The molecule has 0 saturated carbocycles. The van der Waals surface area contributed by atoms with Crippen LogP contribution in [0.1, 0.15) is 5.56 Å². The van der Waals surface area contributed by atoms with Crippen LogP contribution in [0.15, 0.2) is 70.0 Å². The zero-order valence-corrected chi connectivity index (χ0v) is 15.1. The van der Waals surface area contributed by atoms with Crippen LogP contribution in [0.3, 0.4) is 0 Å². The van der Waals surface area contributed by atoms with Crippen LogP contribution in [0.2, 0.25) is 0 Å². The van der Waals surface area contributed by atoms with Gasteiger partial charge in [-0.05, 0) is 31.2 Å². The van der Waals surface area contributed by atoms with Gasteiger partial charge in [-0.1, -0.05) is 35.9 Å². The molecule has 0 bridgehead atoms. The van der Waals surface area contributed by atoms with Crippen molar-refractivity contribution in [1.29, 1.82) is 0 Å². The molecule has 0 aliphatic heterocycles. The number of anilines is 1. The molecule has 0 unspecified atom stereocenters. The van der Waals surface area contributed by atoms with E-state index in [4.69, 9.17) is 9.15 Å². The van der Waals surface area contributed by atoms with Crippen LogP contribution in [0.5, 0.6) is 5.75 Å². The molecule has 4 aromatic rings. The first-order valence-electron chi connectivity index (χ1n) is 8.07. The maximum Gasteiger partial charge on any atom is 0.262 e. The molecule has 6 heteroatoms. The van der Waals surface area contributed by atoms with Crippen LogP contribution < -0.4 is 9.46 Å². The van der Waals surface area contributed by atoms with E-state index in [2.05, 4.69) is 4.72 Å². The van der Waals surface area contributed by atoms with Crippen molar-refractivity contribution in [1.82, 2.24) is 0 Å². The number of rotatable bonds is 4. The minimum atomic E-state index is -3.73. The van der Waals surface area contributed by atoms with Crippen LogP contribution in [0, 0.1) is 6.92 Å². The molecule has 4 rings (SSSR count). The maximum absolute atomic E-state index is 12.7. The lowest BCUT2D eigenvalue weighted by atomic mass is 10.1. The minimum absolute atomic E-state index is 0.190. The number of para-hydroxylation sites is 1. The standard InChI is InChI=1S/C20H17NO4S/c1-13-7-9-14(10-8-13)26(22,23)21-17-12-19-16(11-20(17)24-2)15-5-3-4-6-18(15)25-19/h3-12,21H,1-2H3. The third kappa shape index (κ3) is 2.78. The van der Waals surface area contributed by atoms with Gasteiger partial charge < -0.3 is 9.15 Å². The average Bonchev–Trinajstić information content (AvgIpc) is 2.98. The highest BCUT2D eigenvalue weighted by Gasteiger charge is 2.19. The number of sulfonamides is 1. The summed E-state index contributed by atoms with van der Waals surface area (Å²) in [6.07, 6.45) is 0. The first-order chi connectivity index (χ1) is 12.5. The summed E-state index contributed by atoms with van der Waals surface area (Å²) < 4.78 is 39.2. The molecule has 0 atom stereocenters. The van der Waals surface area contributed by atoms with Gasteiger partial charge in [-0.25, -0.2) is 8.42 Å². The van der Waals surface area contributed by atoms with E-state index in [9.17, 15) is 8.42 Å². The third-order valence-corrected chi connectivity index (χ3v) is 5.66. The van der Waals surface area contributed by atoms with Crippen molar-refractivity contribution in [3.8, 4) is 5.75 Å². The molecule has 0 saturated heterocycles. The summed E-state index contributed by atoms with van der Waals surface area (Å²) in [6, 6.07) is 17.7. The highest BCUT2D eigenvalue weighted by Crippen LogP contribution is 2.37. The second-order valence-electron chi connectivity index (χ2n) is 6.07. The summed E-state index contributed by atoms with van der Waals surface area (Å²) in [5.74, 6) is 0.430. The molecule has 0 amide bonds. The largest absolute Gasteiger partial charge is 0.495 e. The zero-order valence-electron chi connectivity index (χ0n) is 14.3. The number of benzene rings is 3. The lowest BCUT2D eigenvalue weighted by molar-refractivity contribution is 0.417. The number of nitrogens with one attached hydrogen (secondary N) is 1. The summed E-state index contributed by atoms with van der Waals surface area (Å²) in [7, 11) is -2.23. The van der Waals surface area contributed by atoms with Gasteiger partial charge in [0.05, 0.1) is 17.7 Å². The predicted molar refractivity (Wildman–Crippen MR) is 102 cm³/mol. The van der Waals surface area contributed by atoms with E-state index in [1.807, 2.05) is 31.2 Å². The van der Waals surface area contributed by atoms with Crippen LogP contribution in [0.4, 0.5) is 5.69 Å². The molecule has 0 aliphatic rings. The van der Waals surface area contributed by atoms with Gasteiger partial charge in [0.15, 0.2) is 0 Å². The van der Waals surface area contributed by atoms with Crippen LogP contribution in [-0.4, -0.2) is 15.5 Å². The van der Waals surface area contributed by atoms with Crippen LogP contribution in [0.25, 0.3) is 21.9 Å². The normalized spacial score (nSPS) is 11.8. The first kappa shape index (κ1) is 16.5. The predicted octanol–water partition coefficient (Wildman–Crippen LogP) is 4.70. The Labute approximate surface area is 151 Å². The van der Waals surface area contributed by atoms with Gasteiger partial charge in [0.25, 0.3) is 10.0 Å². The summed E-state index contributed by atoms with van der Waals surface area (Å²) in [4.78, 5) is 0.190. The van der Waals surface area contributed by atoms with Crippen molar-refractivity contribution in [3.63, 3.8) is 0 Å². The van der Waals surface area contributed by atoms with Crippen LogP contribution in [-0.2, 0) is 10.0 Å². The van der Waals surface area contributed by atoms with E-state index >= 15 is 0 Å². The SMILES string of the molecule is COc1cc2c(cc1NS(=O)(=O)c1ccc(C)cc1)oc1ccccc12. The summed E-state index contributed by atoms with van der Waals surface area (Å²) in [6.45, 7) is 1.91. The van der Waals surface area contributed by atoms with Gasteiger partial charge in [-0.2, -0.15) is 0 Å². The number of hydrogen-bond donors (Lipinski definition) is 1. The quantitative estimate of drug-likeness (QED) is 0.567. The molecule has 0 spiro atoms. The second-order valence-corrected chi connectivity index (χ2v) is 7.75. The van der Waals surface area contributed by atoms with Crippen molar-refractivity contribution in [2.45, 2.75) is 11.8 Å². The molecule has 3 aromatic carbocycles. The van der Waals surface area contributed by atoms with Gasteiger partial charge in [-0.15, -0.1) is 0 Å². The molecule has 1 heterocycles. The Kier molecular flexibility index (Phi) is 3.85. The Morgan fingerprint density at radius 2 is 1.65 bits per heavy atom. The molecule has 0 radical (unpaired) electrons. The Morgan fingerprint density at radius 3 is 2.38 bits per heavy atom. The number of furan rings is 1. The van der Waals surface area contributed by atoms with E-state index in [0.29, 0.717) is 17.0 Å². The molecule has 26 heavy (non-hydrogen) atoms. The van der Waals surface area contributed by atoms with E-state index < -0.39 is 10.0 Å². The second kappa shape index (κ2) is 6.07. The van der Waals surface area contributed by atoms with Gasteiger partial charge in [-0.3, -0.25) is 4.72 Å². The number of fused-ring (bicyclic) bond motifs is 3. The number of ether oxygens (including phenoxy) is 1. The van der Waals surface area contributed by atoms with Crippen LogP contribution >= 0.6 is 0 Å². The van der Waals surface area contributed by atoms with Crippen molar-refractivity contribution in [3.05, 3.63) is 66.2 Å². The first-order valence-corrected chi connectivity index (χ1v) is 9.55. The Bertz CT molecular complexity index is 1210. The fourth-order valence-corrected chi connectivity index (χ4v) is 3.98. The molecule has 132 valence electrons. The minimum Gasteiger partial charge on any atom is -0.495 e. The summed E-state index contributed by atoms with van der Waals surface area (Å²) in [5.41, 5.74) is 2.65. The van der Waals surface area contributed by atoms with Crippen molar-refractivity contribution in [2.75, 3.05) is 11.8 Å². The topological polar surface area (TPSA) is 68.5 Å². The van der Waals surface area contributed by atoms with Crippen molar-refractivity contribution < 1.29 is 17.6 Å². The van der Waals surface area contributed by atoms with E-state index in [0.717, 1.165) is 21.9 Å². The summed E-state index contributed by atoms with van der Waals surface area (Å²) in [5, 5.41) is 1.82. The molecule has 0 fully saturated rings. The Hall–Kier alpha value is -2.99. The lowest BCUT2D eigenvalue weighted by Crippen LogP contribution is -2.13.